The van der Waals surface area contributed by atoms with Gasteiger partial charge in [-0.25, -0.2) is 9.18 Å². The van der Waals surface area contributed by atoms with Crippen LogP contribution in [-0.4, -0.2) is 63.1 Å². The number of allylic oxidation sites excluding steroid dienone is 1. The van der Waals surface area contributed by atoms with Gasteiger partial charge in [-0.05, 0) is 13.0 Å². The molecule has 2 amide bonds. The predicted molar refractivity (Wildman–Crippen MR) is 65.9 cm³/mol. The first-order valence-electron chi connectivity index (χ1n) is 6.00. The second kappa shape index (κ2) is 4.81. The molecule has 4 N–H and O–H groups in total. The fourth-order valence-electron chi connectivity index (χ4n) is 2.35. The highest BCUT2D eigenvalue weighted by atomic mass is 19.1. The van der Waals surface area contributed by atoms with Crippen LogP contribution in [-0.2, 0) is 4.74 Å². The zero-order valence-corrected chi connectivity index (χ0v) is 10.9. The third-order valence-electron chi connectivity index (χ3n) is 3.58. The van der Waals surface area contributed by atoms with Crippen molar-refractivity contribution >= 4 is 6.03 Å². The van der Waals surface area contributed by atoms with Crippen molar-refractivity contribution in [3.05, 3.63) is 24.6 Å². The number of ether oxygens (including phenoxy) is 1. The number of rotatable bonds is 3. The van der Waals surface area contributed by atoms with Crippen molar-refractivity contribution in [2.45, 2.75) is 30.5 Å². The molecule has 0 saturated carbocycles. The van der Waals surface area contributed by atoms with E-state index < -0.39 is 42.8 Å². The summed E-state index contributed by atoms with van der Waals surface area (Å²) in [5, 5.41) is 32.0. The Labute approximate surface area is 114 Å². The zero-order valence-electron chi connectivity index (χ0n) is 10.9. The van der Waals surface area contributed by atoms with Gasteiger partial charge in [0.2, 0.25) is 0 Å². The summed E-state index contributed by atoms with van der Waals surface area (Å²) in [4.78, 5) is 12.8. The van der Waals surface area contributed by atoms with E-state index in [1.54, 1.807) is 0 Å². The van der Waals surface area contributed by atoms with Crippen molar-refractivity contribution < 1.29 is 29.2 Å². The molecule has 0 aromatic heterocycles. The van der Waals surface area contributed by atoms with Gasteiger partial charge < -0.3 is 25.4 Å². The van der Waals surface area contributed by atoms with Gasteiger partial charge in [0.15, 0.2) is 11.8 Å². The molecule has 2 heterocycles. The van der Waals surface area contributed by atoms with E-state index in [4.69, 9.17) is 4.74 Å². The summed E-state index contributed by atoms with van der Waals surface area (Å²) in [6.45, 7) is 2.71. The van der Waals surface area contributed by atoms with E-state index in [0.29, 0.717) is 5.70 Å². The van der Waals surface area contributed by atoms with E-state index in [-0.39, 0.29) is 0 Å². The summed E-state index contributed by atoms with van der Waals surface area (Å²) in [5.41, 5.74) is -3.56. The Bertz CT molecular complexity index is 461. The molecule has 0 spiro atoms. The summed E-state index contributed by atoms with van der Waals surface area (Å²) in [7, 11) is 0. The fraction of sp³-hybridized carbons (Fsp3) is 0.583. The van der Waals surface area contributed by atoms with Crippen molar-refractivity contribution in [3.63, 3.8) is 0 Å². The molecule has 0 aromatic carbocycles. The number of carbonyl (C=O) groups is 1. The zero-order chi connectivity index (χ0) is 15.1. The number of nitrogens with one attached hydrogen (secondary N) is 1. The van der Waals surface area contributed by atoms with Crippen LogP contribution in [0.15, 0.2) is 24.6 Å². The lowest BCUT2D eigenvalue weighted by Gasteiger charge is -2.35. The minimum absolute atomic E-state index is 0.350. The second-order valence-corrected chi connectivity index (χ2v) is 5.13. The molecule has 2 rings (SSSR count). The van der Waals surface area contributed by atoms with E-state index in [1.807, 2.05) is 0 Å². The molecule has 2 aliphatic heterocycles. The number of urea groups is 1. The largest absolute Gasteiger partial charge is 0.393 e. The van der Waals surface area contributed by atoms with E-state index in [1.165, 1.54) is 19.2 Å². The molecule has 0 radical (unpaired) electrons. The Hall–Kier alpha value is -1.48. The number of alkyl halides is 1. The van der Waals surface area contributed by atoms with Crippen LogP contribution in [0.25, 0.3) is 0 Å². The van der Waals surface area contributed by atoms with E-state index >= 15 is 0 Å². The van der Waals surface area contributed by atoms with Crippen molar-refractivity contribution in [3.8, 4) is 0 Å². The summed E-state index contributed by atoms with van der Waals surface area (Å²) < 4.78 is 18.4. The molecule has 4 atom stereocenters. The fourth-order valence-corrected chi connectivity index (χ4v) is 2.35. The number of hydrogen-bond donors (Lipinski definition) is 4. The summed E-state index contributed by atoms with van der Waals surface area (Å²) in [5.74, 6) is 0. The number of amides is 2. The van der Waals surface area contributed by atoms with Gasteiger partial charge in [0, 0.05) is 11.9 Å². The molecule has 1 fully saturated rings. The molecular formula is C12H17FN2O5. The van der Waals surface area contributed by atoms with Crippen LogP contribution in [0.1, 0.15) is 6.92 Å². The van der Waals surface area contributed by atoms with Gasteiger partial charge in [0.25, 0.3) is 0 Å². The third kappa shape index (κ3) is 2.01. The second-order valence-electron chi connectivity index (χ2n) is 5.13. The molecule has 0 aliphatic carbocycles. The van der Waals surface area contributed by atoms with Crippen LogP contribution in [0.3, 0.4) is 0 Å². The van der Waals surface area contributed by atoms with Crippen LogP contribution in [0.5, 0.6) is 0 Å². The van der Waals surface area contributed by atoms with Crippen molar-refractivity contribution in [2.24, 2.45) is 0 Å². The average Bonchev–Trinajstić information content (AvgIpc) is 2.60. The summed E-state index contributed by atoms with van der Waals surface area (Å²) in [6.07, 6.45) is -0.272. The van der Waals surface area contributed by atoms with Gasteiger partial charge in [-0.3, -0.25) is 4.90 Å². The predicted octanol–water partition coefficient (Wildman–Crippen LogP) is -0.792. The van der Waals surface area contributed by atoms with Gasteiger partial charge in [0.05, 0.1) is 6.61 Å². The Morgan fingerprint density at radius 1 is 1.65 bits per heavy atom. The first-order chi connectivity index (χ1) is 9.28. The molecule has 1 saturated heterocycles. The molecule has 20 heavy (non-hydrogen) atoms. The quantitative estimate of drug-likeness (QED) is 0.545. The highest BCUT2D eigenvalue weighted by molar-refractivity contribution is 5.79. The Morgan fingerprint density at radius 2 is 2.30 bits per heavy atom. The molecule has 0 aromatic rings. The monoisotopic (exact) mass is 288 g/mol. The van der Waals surface area contributed by atoms with Gasteiger partial charge in [-0.15, -0.1) is 0 Å². The first-order valence-corrected chi connectivity index (χ1v) is 6.00. The van der Waals surface area contributed by atoms with E-state index in [0.717, 1.165) is 4.90 Å². The first kappa shape index (κ1) is 14.9. The Balaban J connectivity index is 2.35. The third-order valence-corrected chi connectivity index (χ3v) is 3.58. The standard InChI is InChI=1S/C12H17FN2O5/c1-7-3-4-15(10(18)14-7)9-11(2,19)8(17)12(5-13,6-16)20-9/h3-4,8-9,16-17,19H,1,5-6H2,2H3,(H,14,18)/t8-,9+,11+,12+/m0/s1. The Morgan fingerprint density at radius 3 is 2.75 bits per heavy atom. The van der Waals surface area contributed by atoms with Crippen LogP contribution >= 0.6 is 0 Å². The molecule has 7 nitrogen and oxygen atoms in total. The minimum Gasteiger partial charge on any atom is -0.393 e. The maximum atomic E-state index is 13.1. The maximum Gasteiger partial charge on any atom is 0.328 e. The molecule has 0 bridgehead atoms. The number of aliphatic hydroxyl groups excluding tert-OH is 2. The smallest absolute Gasteiger partial charge is 0.328 e. The SMILES string of the molecule is C=C1C=CN([C@@H]2O[C@@](CO)(CF)[C@@H](O)[C@@]2(C)O)C(=O)N1. The summed E-state index contributed by atoms with van der Waals surface area (Å²) in [6, 6.07) is -0.637. The normalized spacial score (nSPS) is 41.1. The lowest BCUT2D eigenvalue weighted by molar-refractivity contribution is -0.143. The topological polar surface area (TPSA) is 102 Å². The van der Waals surface area contributed by atoms with Crippen LogP contribution in [0.2, 0.25) is 0 Å². The molecule has 0 unspecified atom stereocenters. The van der Waals surface area contributed by atoms with E-state index in [2.05, 4.69) is 11.9 Å². The van der Waals surface area contributed by atoms with Crippen molar-refractivity contribution in [1.29, 1.82) is 0 Å². The number of nitrogens with zero attached hydrogens (tertiary/aromatic N) is 1. The average molecular weight is 288 g/mol. The minimum atomic E-state index is -1.96. The van der Waals surface area contributed by atoms with Gasteiger partial charge in [0.1, 0.15) is 18.4 Å². The number of hydrogen-bond acceptors (Lipinski definition) is 5. The lowest BCUT2D eigenvalue weighted by Crippen LogP contribution is -2.56. The summed E-state index contributed by atoms with van der Waals surface area (Å²) >= 11 is 0. The maximum absolute atomic E-state index is 13.1. The van der Waals surface area contributed by atoms with Crippen molar-refractivity contribution in [2.75, 3.05) is 13.3 Å². The molecule has 112 valence electrons. The van der Waals surface area contributed by atoms with Crippen molar-refractivity contribution in [1.82, 2.24) is 10.2 Å². The van der Waals surface area contributed by atoms with Gasteiger partial charge >= 0.3 is 6.03 Å². The van der Waals surface area contributed by atoms with Gasteiger partial charge in [-0.2, -0.15) is 0 Å². The van der Waals surface area contributed by atoms with Crippen LogP contribution < -0.4 is 5.32 Å². The Kier molecular flexibility index (Phi) is 3.59. The highest BCUT2D eigenvalue weighted by Crippen LogP contribution is 2.40. The van der Waals surface area contributed by atoms with Crippen LogP contribution in [0, 0.1) is 0 Å². The van der Waals surface area contributed by atoms with E-state index in [9.17, 15) is 24.5 Å². The molecule has 2 aliphatic rings. The van der Waals surface area contributed by atoms with Gasteiger partial charge in [-0.1, -0.05) is 6.58 Å². The number of halogens is 1. The molecule has 8 heteroatoms. The lowest BCUT2D eigenvalue weighted by atomic mass is 9.88. The highest BCUT2D eigenvalue weighted by Gasteiger charge is 2.63. The van der Waals surface area contributed by atoms with Crippen LogP contribution in [0.4, 0.5) is 9.18 Å². The number of carbonyl (C=O) groups excluding carboxylic acids is 1. The molecular weight excluding hydrogens is 271 g/mol. The number of aliphatic hydroxyl groups is 3.